The number of fused-ring (bicyclic) bond motifs is 1. The minimum Gasteiger partial charge on any atom is -0.496 e. The normalized spacial score (nSPS) is 11.2. The second-order valence-corrected chi connectivity index (χ2v) is 9.84. The van der Waals surface area contributed by atoms with Crippen molar-refractivity contribution in [3.05, 3.63) is 106 Å². The lowest BCUT2D eigenvalue weighted by atomic mass is 10.0. The zero-order chi connectivity index (χ0) is 29.1. The Kier molecular flexibility index (Phi) is 7.87. The summed E-state index contributed by atoms with van der Waals surface area (Å²) in [5.41, 5.74) is 2.27. The van der Waals surface area contributed by atoms with Crippen LogP contribution in [-0.4, -0.2) is 32.4 Å². The molecular weight excluding hydrogens is 523 g/mol. The first-order valence-electron chi connectivity index (χ1n) is 13.3. The first-order chi connectivity index (χ1) is 19.8. The summed E-state index contributed by atoms with van der Waals surface area (Å²) in [4.78, 5) is 39.7. The molecule has 0 aliphatic carbocycles. The summed E-state index contributed by atoms with van der Waals surface area (Å²) in [5, 5.41) is 0.781. The average Bonchev–Trinajstić information content (AvgIpc) is 2.98. The van der Waals surface area contributed by atoms with Crippen LogP contribution in [0.5, 0.6) is 17.2 Å². The number of ketones is 1. The quantitative estimate of drug-likeness (QED) is 0.196. The van der Waals surface area contributed by atoms with Gasteiger partial charge in [0.2, 0.25) is 0 Å². The van der Waals surface area contributed by atoms with E-state index >= 15 is 0 Å². The highest BCUT2D eigenvalue weighted by Gasteiger charge is 2.19. The van der Waals surface area contributed by atoms with Gasteiger partial charge in [0.15, 0.2) is 17.0 Å². The predicted molar refractivity (Wildman–Crippen MR) is 154 cm³/mol. The van der Waals surface area contributed by atoms with Gasteiger partial charge >= 0.3 is 0 Å². The van der Waals surface area contributed by atoms with Gasteiger partial charge in [-0.25, -0.2) is 14.4 Å². The molecule has 0 unspecified atom stereocenters. The van der Waals surface area contributed by atoms with Gasteiger partial charge in [-0.3, -0.25) is 14.6 Å². The summed E-state index contributed by atoms with van der Waals surface area (Å²) in [6.07, 6.45) is 8.51. The van der Waals surface area contributed by atoms with Crippen LogP contribution in [0.25, 0.3) is 22.0 Å². The van der Waals surface area contributed by atoms with Gasteiger partial charge < -0.3 is 14.0 Å². The van der Waals surface area contributed by atoms with Gasteiger partial charge in [-0.2, -0.15) is 0 Å². The number of carbonyl (C=O) groups is 1. The number of methoxy groups -OCH3 is 1. The topological polar surface area (TPSA) is 96.2 Å². The third-order valence-electron chi connectivity index (χ3n) is 6.81. The van der Waals surface area contributed by atoms with Crippen molar-refractivity contribution in [2.45, 2.75) is 39.7 Å². The van der Waals surface area contributed by atoms with Gasteiger partial charge in [-0.15, -0.1) is 0 Å². The van der Waals surface area contributed by atoms with Gasteiger partial charge in [0.25, 0.3) is 0 Å². The summed E-state index contributed by atoms with van der Waals surface area (Å²) < 4.78 is 26.8. The number of benzene rings is 2. The van der Waals surface area contributed by atoms with Gasteiger partial charge in [0, 0.05) is 35.6 Å². The van der Waals surface area contributed by atoms with Crippen molar-refractivity contribution >= 4 is 16.7 Å². The van der Waals surface area contributed by atoms with Crippen molar-refractivity contribution in [3.63, 3.8) is 0 Å². The number of pyridine rings is 2. The molecule has 208 valence electrons. The van der Waals surface area contributed by atoms with Crippen LogP contribution in [0, 0.1) is 5.82 Å². The Balaban J connectivity index is 1.39. The number of hydrogen-bond donors (Lipinski definition) is 0. The third kappa shape index (κ3) is 5.84. The highest BCUT2D eigenvalue weighted by Crippen LogP contribution is 2.33. The van der Waals surface area contributed by atoms with E-state index in [1.165, 1.54) is 36.7 Å². The van der Waals surface area contributed by atoms with E-state index in [1.54, 1.807) is 36.3 Å². The van der Waals surface area contributed by atoms with Crippen LogP contribution in [0.4, 0.5) is 4.39 Å². The van der Waals surface area contributed by atoms with E-state index in [0.29, 0.717) is 22.6 Å². The number of aryl methyl sites for hydroxylation is 1. The highest BCUT2D eigenvalue weighted by molar-refractivity contribution is 5.97. The Morgan fingerprint density at radius 2 is 1.73 bits per heavy atom. The predicted octanol–water partition coefficient (Wildman–Crippen LogP) is 6.36. The molecule has 0 amide bonds. The van der Waals surface area contributed by atoms with Gasteiger partial charge in [-0.1, -0.05) is 19.1 Å². The van der Waals surface area contributed by atoms with Gasteiger partial charge in [0.05, 0.1) is 37.0 Å². The molecule has 0 aliphatic heterocycles. The maximum Gasteiger partial charge on any atom is 0.200 e. The van der Waals surface area contributed by atoms with E-state index in [4.69, 9.17) is 9.47 Å². The minimum atomic E-state index is -0.426. The summed E-state index contributed by atoms with van der Waals surface area (Å²) in [7, 11) is 1.63. The molecule has 2 aromatic carbocycles. The summed E-state index contributed by atoms with van der Waals surface area (Å²) in [5.74, 6) is 1.13. The molecule has 5 aromatic rings. The third-order valence-corrected chi connectivity index (χ3v) is 6.81. The number of aromatic nitrogens is 4. The number of halogens is 1. The van der Waals surface area contributed by atoms with Crippen LogP contribution in [0.15, 0.2) is 78.2 Å². The van der Waals surface area contributed by atoms with Crippen molar-refractivity contribution in [2.75, 3.05) is 7.11 Å². The first-order valence-corrected chi connectivity index (χ1v) is 13.3. The molecule has 5 rings (SSSR count). The van der Waals surface area contributed by atoms with Crippen LogP contribution in [0.1, 0.15) is 48.6 Å². The highest BCUT2D eigenvalue weighted by atomic mass is 19.1. The molecule has 0 aliphatic rings. The number of nitrogens with zero attached hydrogens (tertiary/aromatic N) is 4. The molecular formula is C32H29FN4O4. The van der Waals surface area contributed by atoms with E-state index in [9.17, 15) is 14.0 Å². The van der Waals surface area contributed by atoms with Crippen LogP contribution in [0.2, 0.25) is 0 Å². The molecule has 9 heteroatoms. The number of rotatable bonds is 9. The monoisotopic (exact) mass is 552 g/mol. The molecule has 3 heterocycles. The molecule has 0 spiro atoms. The van der Waals surface area contributed by atoms with E-state index in [2.05, 4.69) is 21.9 Å². The Bertz CT molecular complexity index is 1780. The maximum absolute atomic E-state index is 13.5. The van der Waals surface area contributed by atoms with Crippen LogP contribution in [-0.2, 0) is 12.8 Å². The average molecular weight is 553 g/mol. The van der Waals surface area contributed by atoms with Crippen molar-refractivity contribution in [1.82, 2.24) is 19.5 Å². The number of carbonyl (C=O) groups excluding carboxylic acids is 1. The van der Waals surface area contributed by atoms with Crippen LogP contribution < -0.4 is 14.9 Å². The fourth-order valence-corrected chi connectivity index (χ4v) is 4.53. The van der Waals surface area contributed by atoms with Crippen LogP contribution in [0.3, 0.4) is 0 Å². The second-order valence-electron chi connectivity index (χ2n) is 9.84. The van der Waals surface area contributed by atoms with Crippen molar-refractivity contribution in [2.24, 2.45) is 0 Å². The minimum absolute atomic E-state index is 0.00757. The molecule has 0 saturated heterocycles. The Morgan fingerprint density at radius 1 is 1.00 bits per heavy atom. The molecule has 0 fully saturated rings. The summed E-state index contributed by atoms with van der Waals surface area (Å²) >= 11 is 0. The Labute approximate surface area is 236 Å². The van der Waals surface area contributed by atoms with Crippen LogP contribution >= 0.6 is 0 Å². The lowest BCUT2D eigenvalue weighted by Crippen LogP contribution is -2.22. The van der Waals surface area contributed by atoms with Gasteiger partial charge in [-0.05, 0) is 61.7 Å². The van der Waals surface area contributed by atoms with E-state index in [1.807, 2.05) is 26.0 Å². The zero-order valence-corrected chi connectivity index (χ0v) is 23.2. The number of hydrogen-bond acceptors (Lipinski definition) is 7. The lowest BCUT2D eigenvalue weighted by Gasteiger charge is -2.15. The molecule has 41 heavy (non-hydrogen) atoms. The molecule has 0 bridgehead atoms. The second kappa shape index (κ2) is 11.7. The maximum atomic E-state index is 13.5. The largest absolute Gasteiger partial charge is 0.496 e. The molecule has 0 radical (unpaired) electrons. The lowest BCUT2D eigenvalue weighted by molar-refractivity contribution is 0.0989. The smallest absolute Gasteiger partial charge is 0.200 e. The summed E-state index contributed by atoms with van der Waals surface area (Å²) in [6.45, 7) is 5.94. The fraction of sp³-hybridized carbons (Fsp3) is 0.219. The first kappa shape index (κ1) is 27.6. The Morgan fingerprint density at radius 3 is 2.39 bits per heavy atom. The van der Waals surface area contributed by atoms with Crippen molar-refractivity contribution in [1.29, 1.82) is 0 Å². The molecule has 0 saturated carbocycles. The van der Waals surface area contributed by atoms with E-state index < -0.39 is 17.0 Å². The zero-order valence-electron chi connectivity index (χ0n) is 23.2. The molecule has 0 N–H and O–H groups in total. The Hall–Kier alpha value is -4.92. The number of ether oxygens (including phenoxy) is 2. The molecule has 8 nitrogen and oxygen atoms in total. The SMILES string of the molecule is CCc1cc2nccc(Oc3cnc(CC(=O)c4cn(C(C)C)cc(-c5ccc(F)cc5)c4=O)nc3)c2cc1OC. The van der Waals surface area contributed by atoms with Crippen molar-refractivity contribution in [3.8, 4) is 28.4 Å². The standard InChI is InChI=1S/C32H29FN4O4/c1-5-20-12-27-24(13-30(20)40-4)29(10-11-34-27)41-23-15-35-31(36-16-23)14-28(38)26-18-37(19(2)3)17-25(32(26)39)21-6-8-22(33)9-7-21/h6-13,15-19H,5,14H2,1-4H3. The molecule has 3 aromatic heterocycles. The van der Waals surface area contributed by atoms with E-state index in [0.717, 1.165) is 28.6 Å². The molecule has 0 atom stereocenters. The van der Waals surface area contributed by atoms with Gasteiger partial charge in [0.1, 0.15) is 23.1 Å². The van der Waals surface area contributed by atoms with Crippen molar-refractivity contribution < 1.29 is 18.7 Å². The number of Topliss-reactive ketones (excluding diaryl/α,β-unsaturated/α-hetero) is 1. The fourth-order valence-electron chi connectivity index (χ4n) is 4.53. The summed E-state index contributed by atoms with van der Waals surface area (Å²) in [6, 6.07) is 11.2. The van der Waals surface area contributed by atoms with E-state index in [-0.39, 0.29) is 23.9 Å².